The van der Waals surface area contributed by atoms with Crippen molar-refractivity contribution in [3.05, 3.63) is 106 Å². The number of rotatable bonds is 6. The van der Waals surface area contributed by atoms with E-state index < -0.39 is 0 Å². The lowest BCUT2D eigenvalue weighted by Gasteiger charge is -2.11. The molecule has 0 radical (unpaired) electrons. The molecule has 4 nitrogen and oxygen atoms in total. The third-order valence-corrected chi connectivity index (χ3v) is 4.39. The Kier molecular flexibility index (Phi) is 7.38. The van der Waals surface area contributed by atoms with Crippen LogP contribution in [0.1, 0.15) is 29.2 Å². The maximum atomic E-state index is 12.7. The normalized spacial score (nSPS) is 10.1. The van der Waals surface area contributed by atoms with Crippen LogP contribution in [0.4, 0.5) is 0 Å². The highest BCUT2D eigenvalue weighted by Crippen LogP contribution is 2.06. The molecule has 2 aromatic carbocycles. The number of hydrogen-bond donors (Lipinski definition) is 2. The average molecular weight is 382 g/mol. The first-order valence-corrected chi connectivity index (χ1v) is 8.81. The summed E-state index contributed by atoms with van der Waals surface area (Å²) in [6.45, 7) is 3.14. The summed E-state index contributed by atoms with van der Waals surface area (Å²) in [6, 6.07) is 21.6. The molecule has 0 saturated carbocycles. The SMILES string of the molecule is CCc1ccc(Cn2cccc(C(=N)NCc3ccccc3)c2=O)cc1.Cl. The number of aryl methyl sites for hydroxylation is 1. The molecule has 0 atom stereocenters. The van der Waals surface area contributed by atoms with Crippen LogP contribution >= 0.6 is 12.4 Å². The van der Waals surface area contributed by atoms with Crippen LogP contribution in [0.2, 0.25) is 0 Å². The number of aromatic nitrogens is 1. The molecule has 0 bridgehead atoms. The summed E-state index contributed by atoms with van der Waals surface area (Å²) < 4.78 is 1.65. The highest BCUT2D eigenvalue weighted by atomic mass is 35.5. The molecule has 27 heavy (non-hydrogen) atoms. The Morgan fingerprint density at radius 1 is 0.926 bits per heavy atom. The van der Waals surface area contributed by atoms with E-state index in [-0.39, 0.29) is 23.8 Å². The second-order valence-electron chi connectivity index (χ2n) is 6.24. The monoisotopic (exact) mass is 381 g/mol. The molecule has 3 rings (SSSR count). The zero-order chi connectivity index (χ0) is 18.4. The summed E-state index contributed by atoms with van der Waals surface area (Å²) in [5, 5.41) is 11.3. The predicted molar refractivity (Wildman–Crippen MR) is 113 cm³/mol. The number of pyridine rings is 1. The molecular weight excluding hydrogens is 358 g/mol. The van der Waals surface area contributed by atoms with Gasteiger partial charge in [0.25, 0.3) is 5.56 Å². The van der Waals surface area contributed by atoms with Crippen LogP contribution in [0, 0.1) is 5.41 Å². The third-order valence-electron chi connectivity index (χ3n) is 4.39. The molecule has 0 aliphatic rings. The largest absolute Gasteiger partial charge is 0.366 e. The first-order valence-electron chi connectivity index (χ1n) is 8.81. The van der Waals surface area contributed by atoms with Gasteiger partial charge in [0.15, 0.2) is 0 Å². The number of amidine groups is 1. The van der Waals surface area contributed by atoms with Gasteiger partial charge in [-0.15, -0.1) is 12.4 Å². The van der Waals surface area contributed by atoms with E-state index in [9.17, 15) is 4.79 Å². The second kappa shape index (κ2) is 9.74. The Morgan fingerprint density at radius 2 is 1.59 bits per heavy atom. The van der Waals surface area contributed by atoms with Crippen LogP contribution in [0.15, 0.2) is 77.7 Å². The van der Waals surface area contributed by atoms with Crippen molar-refractivity contribution in [1.29, 1.82) is 5.41 Å². The molecule has 0 spiro atoms. The summed E-state index contributed by atoms with van der Waals surface area (Å²) >= 11 is 0. The smallest absolute Gasteiger partial charge is 0.261 e. The summed E-state index contributed by atoms with van der Waals surface area (Å²) in [5.41, 5.74) is 3.66. The number of benzene rings is 2. The molecular formula is C22H24ClN3O. The number of nitrogens with zero attached hydrogens (tertiary/aromatic N) is 1. The fraction of sp³-hybridized carbons (Fsp3) is 0.182. The minimum Gasteiger partial charge on any atom is -0.366 e. The third kappa shape index (κ3) is 5.31. The fourth-order valence-electron chi connectivity index (χ4n) is 2.81. The standard InChI is InChI=1S/C22H23N3O.ClH/c1-2-17-10-12-19(13-11-17)16-25-14-6-9-20(22(25)26)21(23)24-15-18-7-4-3-5-8-18;/h3-14H,2,15-16H2,1H3,(H2,23,24);1H. The van der Waals surface area contributed by atoms with Crippen molar-refractivity contribution in [2.75, 3.05) is 0 Å². The van der Waals surface area contributed by atoms with E-state index in [0.29, 0.717) is 18.7 Å². The minimum atomic E-state index is -0.155. The van der Waals surface area contributed by atoms with Crippen LogP contribution in [0.5, 0.6) is 0 Å². The van der Waals surface area contributed by atoms with Gasteiger partial charge in [-0.3, -0.25) is 10.2 Å². The van der Waals surface area contributed by atoms with Crippen molar-refractivity contribution in [2.24, 2.45) is 0 Å². The van der Waals surface area contributed by atoms with Gasteiger partial charge < -0.3 is 9.88 Å². The Labute approximate surface area is 165 Å². The van der Waals surface area contributed by atoms with E-state index in [2.05, 4.69) is 36.5 Å². The van der Waals surface area contributed by atoms with Crippen LogP contribution in [0.3, 0.4) is 0 Å². The zero-order valence-electron chi connectivity index (χ0n) is 15.3. The molecule has 5 heteroatoms. The minimum absolute atomic E-state index is 0. The van der Waals surface area contributed by atoms with Crippen LogP contribution in [0.25, 0.3) is 0 Å². The second-order valence-corrected chi connectivity index (χ2v) is 6.24. The first kappa shape index (κ1) is 20.5. The molecule has 0 amide bonds. The number of hydrogen-bond acceptors (Lipinski definition) is 2. The van der Waals surface area contributed by atoms with Gasteiger partial charge in [-0.1, -0.05) is 61.5 Å². The Hall–Kier alpha value is -2.85. The quantitative estimate of drug-likeness (QED) is 0.501. The first-order chi connectivity index (χ1) is 12.7. The lowest BCUT2D eigenvalue weighted by molar-refractivity contribution is 0.754. The number of nitrogens with one attached hydrogen (secondary N) is 2. The van der Waals surface area contributed by atoms with Gasteiger partial charge in [0, 0.05) is 12.7 Å². The van der Waals surface area contributed by atoms with Crippen molar-refractivity contribution in [3.8, 4) is 0 Å². The molecule has 0 aliphatic heterocycles. The Bertz CT molecular complexity index is 934. The van der Waals surface area contributed by atoms with E-state index in [0.717, 1.165) is 17.5 Å². The topological polar surface area (TPSA) is 57.9 Å². The van der Waals surface area contributed by atoms with Crippen molar-refractivity contribution in [1.82, 2.24) is 9.88 Å². The Morgan fingerprint density at radius 3 is 2.26 bits per heavy atom. The molecule has 1 aromatic heterocycles. The highest BCUT2D eigenvalue weighted by molar-refractivity contribution is 5.95. The molecule has 3 aromatic rings. The summed E-state index contributed by atoms with van der Waals surface area (Å²) in [7, 11) is 0. The average Bonchev–Trinajstić information content (AvgIpc) is 2.69. The van der Waals surface area contributed by atoms with Crippen LogP contribution < -0.4 is 10.9 Å². The van der Waals surface area contributed by atoms with Crippen molar-refractivity contribution in [3.63, 3.8) is 0 Å². The van der Waals surface area contributed by atoms with Gasteiger partial charge in [-0.05, 0) is 35.2 Å². The van der Waals surface area contributed by atoms with Gasteiger partial charge in [0.1, 0.15) is 5.84 Å². The van der Waals surface area contributed by atoms with E-state index >= 15 is 0 Å². The molecule has 1 heterocycles. The maximum absolute atomic E-state index is 12.7. The van der Waals surface area contributed by atoms with E-state index in [1.807, 2.05) is 36.4 Å². The highest BCUT2D eigenvalue weighted by Gasteiger charge is 2.09. The lowest BCUT2D eigenvalue weighted by atomic mass is 10.1. The van der Waals surface area contributed by atoms with E-state index in [1.165, 1.54) is 5.56 Å². The van der Waals surface area contributed by atoms with Crippen LogP contribution in [-0.2, 0) is 19.5 Å². The molecule has 0 aliphatic carbocycles. The summed E-state index contributed by atoms with van der Waals surface area (Å²) in [5.74, 6) is 0.148. The number of halogens is 1. The van der Waals surface area contributed by atoms with Gasteiger partial charge >= 0.3 is 0 Å². The van der Waals surface area contributed by atoms with E-state index in [1.54, 1.807) is 16.8 Å². The van der Waals surface area contributed by atoms with Gasteiger partial charge in [-0.2, -0.15) is 0 Å². The van der Waals surface area contributed by atoms with Crippen molar-refractivity contribution in [2.45, 2.75) is 26.4 Å². The van der Waals surface area contributed by atoms with Crippen LogP contribution in [-0.4, -0.2) is 10.4 Å². The molecule has 140 valence electrons. The van der Waals surface area contributed by atoms with Gasteiger partial charge in [-0.25, -0.2) is 0 Å². The van der Waals surface area contributed by atoms with Crippen molar-refractivity contribution >= 4 is 18.2 Å². The summed E-state index contributed by atoms with van der Waals surface area (Å²) in [4.78, 5) is 12.7. The van der Waals surface area contributed by atoms with E-state index in [4.69, 9.17) is 5.41 Å². The predicted octanol–water partition coefficient (Wildman–Crippen LogP) is 4.00. The van der Waals surface area contributed by atoms with Crippen molar-refractivity contribution < 1.29 is 0 Å². The molecule has 0 saturated heterocycles. The van der Waals surface area contributed by atoms with Gasteiger partial charge in [0.2, 0.25) is 0 Å². The lowest BCUT2D eigenvalue weighted by Crippen LogP contribution is -2.32. The maximum Gasteiger partial charge on any atom is 0.261 e. The molecule has 2 N–H and O–H groups in total. The zero-order valence-corrected chi connectivity index (χ0v) is 16.1. The Balaban J connectivity index is 0.00000261. The van der Waals surface area contributed by atoms with Gasteiger partial charge in [0.05, 0.1) is 12.1 Å². The molecule has 0 fully saturated rings. The summed E-state index contributed by atoms with van der Waals surface area (Å²) in [6.07, 6.45) is 2.77. The molecule has 0 unspecified atom stereocenters. The fourth-order valence-corrected chi connectivity index (χ4v) is 2.81.